The molecule has 6 nitrogen and oxygen atoms in total. The van der Waals surface area contributed by atoms with Crippen LogP contribution in [-0.2, 0) is 4.74 Å². The maximum absolute atomic E-state index is 5.55. The van der Waals surface area contributed by atoms with Gasteiger partial charge in [-0.1, -0.05) is 13.8 Å². The molecule has 172 valence electrons. The van der Waals surface area contributed by atoms with Crippen molar-refractivity contribution in [1.29, 1.82) is 0 Å². The van der Waals surface area contributed by atoms with Gasteiger partial charge >= 0.3 is 0 Å². The number of rotatable bonds is 8. The second-order valence-corrected chi connectivity index (χ2v) is 9.43. The van der Waals surface area contributed by atoms with E-state index in [1.54, 1.807) is 0 Å². The van der Waals surface area contributed by atoms with Crippen LogP contribution in [0.1, 0.15) is 40.0 Å². The van der Waals surface area contributed by atoms with Gasteiger partial charge < -0.3 is 20.3 Å². The number of halogens is 1. The predicted octanol–water partition coefficient (Wildman–Crippen LogP) is 3.64. The van der Waals surface area contributed by atoms with E-state index in [1.165, 1.54) is 11.4 Å². The van der Waals surface area contributed by atoms with E-state index < -0.39 is 0 Å². The standard InChI is InChI=1S/C22H39N5OS.HI/c1-4-23-22(24-17-20(16-18(2)3)26-11-13-28-14-12-26)25-19-7-9-27(10-8-19)21-6-5-15-29-21;/h5-6,15,18-20H,4,7-14,16-17H2,1-3H3,(H2,23,24,25);1H. The van der Waals surface area contributed by atoms with Crippen LogP contribution < -0.4 is 15.5 Å². The summed E-state index contributed by atoms with van der Waals surface area (Å²) in [7, 11) is 0. The van der Waals surface area contributed by atoms with Crippen LogP contribution in [0.15, 0.2) is 22.5 Å². The molecule has 0 radical (unpaired) electrons. The summed E-state index contributed by atoms with van der Waals surface area (Å²) in [4.78, 5) is 10.1. The molecule has 0 aliphatic carbocycles. The molecule has 3 rings (SSSR count). The molecular formula is C22H40IN5OS. The second-order valence-electron chi connectivity index (χ2n) is 8.51. The zero-order chi connectivity index (χ0) is 20.5. The molecule has 1 atom stereocenters. The second kappa shape index (κ2) is 13.8. The Hall–Kier alpha value is -0.580. The number of morpholine rings is 1. The van der Waals surface area contributed by atoms with Crippen molar-refractivity contribution in [2.24, 2.45) is 10.9 Å². The fourth-order valence-corrected chi connectivity index (χ4v) is 5.02. The number of anilines is 1. The highest BCUT2D eigenvalue weighted by molar-refractivity contribution is 14.0. The zero-order valence-electron chi connectivity index (χ0n) is 18.8. The lowest BCUT2D eigenvalue weighted by molar-refractivity contribution is 0.0143. The van der Waals surface area contributed by atoms with Crippen LogP contribution in [0.3, 0.4) is 0 Å². The first-order chi connectivity index (χ1) is 14.2. The summed E-state index contributed by atoms with van der Waals surface area (Å²) in [5.74, 6) is 1.65. The molecule has 2 aliphatic rings. The summed E-state index contributed by atoms with van der Waals surface area (Å²) in [5.41, 5.74) is 0. The number of nitrogens with one attached hydrogen (secondary N) is 2. The quantitative estimate of drug-likeness (QED) is 0.295. The molecule has 2 fully saturated rings. The van der Waals surface area contributed by atoms with E-state index in [0.717, 1.165) is 71.3 Å². The van der Waals surface area contributed by atoms with Crippen LogP contribution in [0.4, 0.5) is 5.00 Å². The van der Waals surface area contributed by atoms with E-state index in [2.05, 4.69) is 58.7 Å². The maximum atomic E-state index is 5.55. The lowest BCUT2D eigenvalue weighted by Gasteiger charge is -2.35. The van der Waals surface area contributed by atoms with Gasteiger partial charge in [-0.25, -0.2) is 0 Å². The molecule has 2 aliphatic heterocycles. The average Bonchev–Trinajstić information content (AvgIpc) is 3.27. The van der Waals surface area contributed by atoms with Gasteiger partial charge in [-0.05, 0) is 49.6 Å². The number of nitrogens with zero attached hydrogens (tertiary/aromatic N) is 3. The fourth-order valence-electron chi connectivity index (χ4n) is 4.23. The molecular weight excluding hydrogens is 509 g/mol. The smallest absolute Gasteiger partial charge is 0.191 e. The van der Waals surface area contributed by atoms with Crippen molar-refractivity contribution < 1.29 is 4.74 Å². The van der Waals surface area contributed by atoms with Crippen molar-refractivity contribution in [3.8, 4) is 0 Å². The lowest BCUT2D eigenvalue weighted by atomic mass is 10.0. The molecule has 0 aromatic carbocycles. The van der Waals surface area contributed by atoms with Crippen molar-refractivity contribution in [2.45, 2.75) is 52.1 Å². The number of piperidine rings is 1. The third-order valence-corrected chi connectivity index (χ3v) is 6.69. The summed E-state index contributed by atoms with van der Waals surface area (Å²) in [5, 5.41) is 10.7. The monoisotopic (exact) mass is 549 g/mol. The molecule has 0 bridgehead atoms. The van der Waals surface area contributed by atoms with Crippen LogP contribution in [0.25, 0.3) is 0 Å². The first-order valence-electron chi connectivity index (χ1n) is 11.3. The van der Waals surface area contributed by atoms with Crippen molar-refractivity contribution in [1.82, 2.24) is 15.5 Å². The van der Waals surface area contributed by atoms with E-state index in [1.807, 2.05) is 11.3 Å². The SMILES string of the molecule is CCNC(=NCC(CC(C)C)N1CCOCC1)NC1CCN(c2cccs2)CC1.I. The largest absolute Gasteiger partial charge is 0.379 e. The molecule has 8 heteroatoms. The summed E-state index contributed by atoms with van der Waals surface area (Å²) in [6.45, 7) is 14.5. The highest BCUT2D eigenvalue weighted by atomic mass is 127. The van der Waals surface area contributed by atoms with Gasteiger partial charge in [-0.3, -0.25) is 9.89 Å². The minimum Gasteiger partial charge on any atom is -0.379 e. The van der Waals surface area contributed by atoms with Crippen molar-refractivity contribution in [2.75, 3.05) is 57.4 Å². The van der Waals surface area contributed by atoms with Crippen LogP contribution in [-0.4, -0.2) is 75.4 Å². The molecule has 0 saturated carbocycles. The summed E-state index contributed by atoms with van der Waals surface area (Å²) in [6, 6.07) is 5.36. The first-order valence-corrected chi connectivity index (χ1v) is 12.2. The van der Waals surface area contributed by atoms with Crippen LogP contribution in [0, 0.1) is 5.92 Å². The third-order valence-electron chi connectivity index (χ3n) is 5.76. The molecule has 0 spiro atoms. The molecule has 1 aromatic heterocycles. The highest BCUT2D eigenvalue weighted by Gasteiger charge is 2.23. The Balaban J connectivity index is 0.00000320. The molecule has 1 unspecified atom stereocenters. The first kappa shape index (κ1) is 25.7. The van der Waals surface area contributed by atoms with Gasteiger partial charge in [0.15, 0.2) is 5.96 Å². The zero-order valence-corrected chi connectivity index (χ0v) is 22.0. The lowest BCUT2D eigenvalue weighted by Crippen LogP contribution is -2.49. The minimum absolute atomic E-state index is 0. The van der Waals surface area contributed by atoms with Gasteiger partial charge in [-0.2, -0.15) is 0 Å². The van der Waals surface area contributed by atoms with Crippen LogP contribution >= 0.6 is 35.3 Å². The third kappa shape index (κ3) is 8.16. The van der Waals surface area contributed by atoms with Gasteiger partial charge in [0.2, 0.25) is 0 Å². The van der Waals surface area contributed by atoms with Crippen LogP contribution in [0.2, 0.25) is 0 Å². The van der Waals surface area contributed by atoms with Crippen molar-refractivity contribution in [3.05, 3.63) is 17.5 Å². The van der Waals surface area contributed by atoms with Gasteiger partial charge in [0, 0.05) is 44.8 Å². The normalized spacial score (nSPS) is 20.1. The van der Waals surface area contributed by atoms with E-state index >= 15 is 0 Å². The number of aliphatic imine (C=N–C) groups is 1. The number of guanidine groups is 1. The summed E-state index contributed by atoms with van der Waals surface area (Å²) in [6.07, 6.45) is 3.49. The van der Waals surface area contributed by atoms with E-state index in [4.69, 9.17) is 9.73 Å². The van der Waals surface area contributed by atoms with Gasteiger partial charge in [0.25, 0.3) is 0 Å². The Labute approximate surface area is 203 Å². The fraction of sp³-hybridized carbons (Fsp3) is 0.773. The maximum Gasteiger partial charge on any atom is 0.191 e. The minimum atomic E-state index is 0. The predicted molar refractivity (Wildman–Crippen MR) is 140 cm³/mol. The van der Waals surface area contributed by atoms with E-state index in [9.17, 15) is 0 Å². The number of hydrogen-bond acceptors (Lipinski definition) is 5. The highest BCUT2D eigenvalue weighted by Crippen LogP contribution is 2.24. The van der Waals surface area contributed by atoms with Gasteiger partial charge in [-0.15, -0.1) is 35.3 Å². The Morgan fingerprint density at radius 1 is 1.23 bits per heavy atom. The Kier molecular flexibility index (Phi) is 11.8. The molecule has 0 amide bonds. The summed E-state index contributed by atoms with van der Waals surface area (Å²) >= 11 is 1.84. The number of thiophene rings is 1. The van der Waals surface area contributed by atoms with Gasteiger partial charge in [0.05, 0.1) is 24.8 Å². The van der Waals surface area contributed by atoms with E-state index in [-0.39, 0.29) is 24.0 Å². The summed E-state index contributed by atoms with van der Waals surface area (Å²) < 4.78 is 5.55. The van der Waals surface area contributed by atoms with Crippen molar-refractivity contribution in [3.63, 3.8) is 0 Å². The topological polar surface area (TPSA) is 52.1 Å². The van der Waals surface area contributed by atoms with Crippen LogP contribution in [0.5, 0.6) is 0 Å². The molecule has 30 heavy (non-hydrogen) atoms. The average molecular weight is 550 g/mol. The molecule has 2 saturated heterocycles. The van der Waals surface area contributed by atoms with Gasteiger partial charge in [0.1, 0.15) is 0 Å². The molecule has 3 heterocycles. The molecule has 2 N–H and O–H groups in total. The van der Waals surface area contributed by atoms with Crippen molar-refractivity contribution >= 4 is 46.3 Å². The Morgan fingerprint density at radius 2 is 1.97 bits per heavy atom. The molecule has 1 aromatic rings. The van der Waals surface area contributed by atoms with E-state index in [0.29, 0.717) is 18.0 Å². The Morgan fingerprint density at radius 3 is 2.57 bits per heavy atom. The number of hydrogen-bond donors (Lipinski definition) is 2. The number of ether oxygens (including phenoxy) is 1. The Bertz CT molecular complexity index is 599.